The number of hydrogen-bond acceptors (Lipinski definition) is 6. The number of hydrogen-bond donors (Lipinski definition) is 0. The minimum Gasteiger partial charge on any atom is -0.375 e. The second-order valence-corrected chi connectivity index (χ2v) is 7.79. The van der Waals surface area contributed by atoms with Gasteiger partial charge in [-0.25, -0.2) is 0 Å². The topological polar surface area (TPSA) is 71.7 Å². The summed E-state index contributed by atoms with van der Waals surface area (Å²) in [5, 5.41) is 3.91. The highest BCUT2D eigenvalue weighted by Gasteiger charge is 2.31. The lowest BCUT2D eigenvalue weighted by Crippen LogP contribution is -2.49. The molecule has 10 heteroatoms. The van der Waals surface area contributed by atoms with Crippen LogP contribution in [0.2, 0.25) is 0 Å². The van der Waals surface area contributed by atoms with Crippen LogP contribution in [0.3, 0.4) is 0 Å². The first-order valence-electron chi connectivity index (χ1n) is 10.4. The van der Waals surface area contributed by atoms with Crippen LogP contribution in [0, 0.1) is 0 Å². The van der Waals surface area contributed by atoms with Crippen molar-refractivity contribution >= 4 is 5.91 Å². The molecule has 0 N–H and O–H groups in total. The maximum Gasteiger partial charge on any atom is 0.416 e. The van der Waals surface area contributed by atoms with Crippen LogP contribution in [0.25, 0.3) is 22.8 Å². The molecule has 1 aliphatic rings. The van der Waals surface area contributed by atoms with Gasteiger partial charge in [0.25, 0.3) is 5.89 Å². The molecule has 0 unspecified atom stereocenters. The third-order valence-corrected chi connectivity index (χ3v) is 5.47. The Morgan fingerprint density at radius 1 is 1.06 bits per heavy atom. The highest BCUT2D eigenvalue weighted by atomic mass is 19.4. The van der Waals surface area contributed by atoms with Crippen molar-refractivity contribution in [3.63, 3.8) is 0 Å². The Hall–Kier alpha value is -3.24. The number of piperazine rings is 1. The van der Waals surface area contributed by atoms with E-state index in [9.17, 15) is 18.0 Å². The van der Waals surface area contributed by atoms with Gasteiger partial charge < -0.3 is 14.2 Å². The van der Waals surface area contributed by atoms with Gasteiger partial charge in [-0.1, -0.05) is 35.5 Å². The van der Waals surface area contributed by atoms with Crippen molar-refractivity contribution in [2.75, 3.05) is 39.9 Å². The van der Waals surface area contributed by atoms with E-state index in [4.69, 9.17) is 9.26 Å². The van der Waals surface area contributed by atoms with E-state index in [-0.39, 0.29) is 24.0 Å². The number of halogens is 3. The van der Waals surface area contributed by atoms with Crippen molar-refractivity contribution in [1.82, 2.24) is 19.9 Å². The van der Waals surface area contributed by atoms with E-state index < -0.39 is 11.7 Å². The molecule has 1 amide bonds. The van der Waals surface area contributed by atoms with Gasteiger partial charge in [0, 0.05) is 51.0 Å². The minimum absolute atomic E-state index is 0.00566. The molecule has 0 radical (unpaired) electrons. The number of ether oxygens (including phenoxy) is 1. The fourth-order valence-corrected chi connectivity index (χ4v) is 3.67. The Labute approximate surface area is 188 Å². The molecule has 0 spiro atoms. The molecule has 33 heavy (non-hydrogen) atoms. The van der Waals surface area contributed by atoms with Crippen molar-refractivity contribution in [2.45, 2.75) is 12.7 Å². The molecule has 0 bridgehead atoms. The molecule has 1 aromatic heterocycles. The van der Waals surface area contributed by atoms with Crippen molar-refractivity contribution in [3.05, 3.63) is 59.7 Å². The monoisotopic (exact) mass is 460 g/mol. The molecule has 1 aliphatic heterocycles. The molecule has 174 valence electrons. The van der Waals surface area contributed by atoms with Crippen LogP contribution in [0.15, 0.2) is 53.1 Å². The van der Waals surface area contributed by atoms with Gasteiger partial charge in [0.05, 0.1) is 5.56 Å². The molecule has 2 aromatic carbocycles. The molecule has 4 rings (SSSR count). The molecule has 1 fully saturated rings. The van der Waals surface area contributed by atoms with E-state index in [0.717, 1.165) is 37.3 Å². The van der Waals surface area contributed by atoms with Crippen LogP contribution in [-0.2, 0) is 22.3 Å². The summed E-state index contributed by atoms with van der Waals surface area (Å²) in [5.41, 5.74) is 1.24. The van der Waals surface area contributed by atoms with Crippen molar-refractivity contribution in [1.29, 1.82) is 0 Å². The van der Waals surface area contributed by atoms with Crippen LogP contribution in [0.1, 0.15) is 11.1 Å². The third-order valence-electron chi connectivity index (χ3n) is 5.47. The second-order valence-electron chi connectivity index (χ2n) is 7.79. The van der Waals surface area contributed by atoms with Gasteiger partial charge >= 0.3 is 6.18 Å². The number of methoxy groups -OCH3 is 1. The Balaban J connectivity index is 1.38. The molecule has 0 atom stereocenters. The second kappa shape index (κ2) is 9.72. The molecule has 2 heterocycles. The zero-order valence-electron chi connectivity index (χ0n) is 18.0. The summed E-state index contributed by atoms with van der Waals surface area (Å²) in [4.78, 5) is 20.2. The third kappa shape index (κ3) is 5.58. The molecule has 7 nitrogen and oxygen atoms in total. The van der Waals surface area contributed by atoms with Gasteiger partial charge in [-0.05, 0) is 23.8 Å². The number of benzene rings is 2. The lowest BCUT2D eigenvalue weighted by molar-refractivity contribution is -0.138. The molecule has 0 aliphatic carbocycles. The lowest BCUT2D eigenvalue weighted by Gasteiger charge is -2.34. The average molecular weight is 460 g/mol. The van der Waals surface area contributed by atoms with Crippen LogP contribution in [0.4, 0.5) is 13.2 Å². The molecule has 3 aromatic rings. The highest BCUT2D eigenvalue weighted by molar-refractivity contribution is 5.77. The number of aromatic nitrogens is 2. The summed E-state index contributed by atoms with van der Waals surface area (Å²) in [7, 11) is 1.51. The van der Waals surface area contributed by atoms with Crippen LogP contribution in [-0.4, -0.2) is 65.7 Å². The summed E-state index contributed by atoms with van der Waals surface area (Å²) in [6.45, 7) is 3.75. The summed E-state index contributed by atoms with van der Waals surface area (Å²) >= 11 is 0. The largest absolute Gasteiger partial charge is 0.416 e. The van der Waals surface area contributed by atoms with Crippen molar-refractivity contribution in [3.8, 4) is 22.8 Å². The fourth-order valence-electron chi connectivity index (χ4n) is 3.67. The predicted molar refractivity (Wildman–Crippen MR) is 114 cm³/mol. The van der Waals surface area contributed by atoms with Gasteiger partial charge in [-0.2, -0.15) is 18.2 Å². The SMILES string of the molecule is COCC(=O)N1CCN(Cc2ccc(-c3noc(-c4cccc(C(F)(F)F)c4)n3)cc2)CC1. The normalized spacial score (nSPS) is 15.1. The Bertz CT molecular complexity index is 1090. The summed E-state index contributed by atoms with van der Waals surface area (Å²) in [6, 6.07) is 12.4. The predicted octanol–water partition coefficient (Wildman–Crippen LogP) is 3.71. The summed E-state index contributed by atoms with van der Waals surface area (Å²) in [6.07, 6.45) is -4.44. The molecular weight excluding hydrogens is 437 g/mol. The molecule has 1 saturated heterocycles. The van der Waals surface area contributed by atoms with Crippen LogP contribution in [0.5, 0.6) is 0 Å². The fraction of sp³-hybridized carbons (Fsp3) is 0.348. The Morgan fingerprint density at radius 3 is 2.45 bits per heavy atom. The van der Waals surface area contributed by atoms with Crippen LogP contribution < -0.4 is 0 Å². The van der Waals surface area contributed by atoms with E-state index in [1.165, 1.54) is 19.2 Å². The van der Waals surface area contributed by atoms with Gasteiger partial charge in [-0.15, -0.1) is 0 Å². The first kappa shape index (κ1) is 22.9. The Kier molecular flexibility index (Phi) is 6.75. The quantitative estimate of drug-likeness (QED) is 0.559. The first-order chi connectivity index (χ1) is 15.8. The van der Waals surface area contributed by atoms with E-state index in [1.807, 2.05) is 24.3 Å². The number of amides is 1. The standard InChI is InChI=1S/C23H23F3N4O3/c1-32-15-20(31)30-11-9-29(10-12-30)14-16-5-7-17(8-6-16)21-27-22(33-28-21)18-3-2-4-19(13-18)23(24,25)26/h2-8,13H,9-12,14-15H2,1H3. The van der Waals surface area contributed by atoms with E-state index >= 15 is 0 Å². The van der Waals surface area contributed by atoms with Gasteiger partial charge in [0.2, 0.25) is 11.7 Å². The van der Waals surface area contributed by atoms with Gasteiger partial charge in [0.1, 0.15) is 6.61 Å². The Morgan fingerprint density at radius 2 is 1.79 bits per heavy atom. The summed E-state index contributed by atoms with van der Waals surface area (Å²) in [5.74, 6) is 0.339. The number of rotatable bonds is 6. The maximum atomic E-state index is 13.0. The zero-order valence-corrected chi connectivity index (χ0v) is 18.0. The smallest absolute Gasteiger partial charge is 0.375 e. The number of carbonyl (C=O) groups is 1. The van der Waals surface area contributed by atoms with E-state index in [2.05, 4.69) is 15.0 Å². The zero-order chi connectivity index (χ0) is 23.4. The average Bonchev–Trinajstić information content (AvgIpc) is 3.30. The van der Waals surface area contributed by atoms with E-state index in [1.54, 1.807) is 4.90 Å². The van der Waals surface area contributed by atoms with Gasteiger partial charge in [-0.3, -0.25) is 9.69 Å². The number of alkyl halides is 3. The van der Waals surface area contributed by atoms with Crippen molar-refractivity contribution in [2.24, 2.45) is 0 Å². The number of nitrogens with zero attached hydrogens (tertiary/aromatic N) is 4. The highest BCUT2D eigenvalue weighted by Crippen LogP contribution is 2.32. The number of carbonyl (C=O) groups excluding carboxylic acids is 1. The van der Waals surface area contributed by atoms with E-state index in [0.29, 0.717) is 24.5 Å². The molecule has 0 saturated carbocycles. The van der Waals surface area contributed by atoms with Gasteiger partial charge in [0.15, 0.2) is 0 Å². The first-order valence-corrected chi connectivity index (χ1v) is 10.4. The summed E-state index contributed by atoms with van der Waals surface area (Å²) < 4.78 is 49.0. The van der Waals surface area contributed by atoms with Crippen LogP contribution >= 0.6 is 0 Å². The molecular formula is C23H23F3N4O3. The minimum atomic E-state index is -4.44. The van der Waals surface area contributed by atoms with Crippen molar-refractivity contribution < 1.29 is 27.2 Å². The lowest BCUT2D eigenvalue weighted by atomic mass is 10.1. The maximum absolute atomic E-state index is 13.0.